The van der Waals surface area contributed by atoms with Crippen LogP contribution in [0.1, 0.15) is 10.4 Å². The fraction of sp³-hybridized carbons (Fsp3) is 0.133. The van der Waals surface area contributed by atoms with E-state index in [-0.39, 0.29) is 11.3 Å². The van der Waals surface area contributed by atoms with Gasteiger partial charge in [0.2, 0.25) is 0 Å². The van der Waals surface area contributed by atoms with Gasteiger partial charge in [-0.1, -0.05) is 30.3 Å². The summed E-state index contributed by atoms with van der Waals surface area (Å²) in [5.74, 6) is -0.769. The van der Waals surface area contributed by atoms with Gasteiger partial charge in [0.25, 0.3) is 0 Å². The molecule has 1 N–H and O–H groups in total. The van der Waals surface area contributed by atoms with Crippen molar-refractivity contribution < 1.29 is 36.0 Å². The molecular formula is C15H12F2O6S. The van der Waals surface area contributed by atoms with Crippen molar-refractivity contribution in [2.24, 2.45) is 0 Å². The van der Waals surface area contributed by atoms with Gasteiger partial charge >= 0.3 is 21.3 Å². The SMILES string of the molecule is O=C(OCC(F)(F)S(=O)(=O)O)c1ccccc1Oc1ccccc1. The Morgan fingerprint density at radius 1 is 1.04 bits per heavy atom. The minimum atomic E-state index is -5.68. The summed E-state index contributed by atoms with van der Waals surface area (Å²) in [5.41, 5.74) is -0.174. The normalized spacial score (nSPS) is 11.8. The van der Waals surface area contributed by atoms with E-state index in [0.29, 0.717) is 5.75 Å². The molecule has 0 fully saturated rings. The highest BCUT2D eigenvalue weighted by molar-refractivity contribution is 7.86. The smallest absolute Gasteiger partial charge is 0.402 e. The van der Waals surface area contributed by atoms with E-state index in [0.717, 1.165) is 0 Å². The molecule has 0 heterocycles. The number of hydrogen-bond acceptors (Lipinski definition) is 5. The van der Waals surface area contributed by atoms with Crippen molar-refractivity contribution in [3.63, 3.8) is 0 Å². The van der Waals surface area contributed by atoms with Crippen molar-refractivity contribution in [3.05, 3.63) is 60.2 Å². The van der Waals surface area contributed by atoms with E-state index < -0.39 is 27.9 Å². The molecule has 0 aliphatic heterocycles. The molecule has 0 aliphatic rings. The van der Waals surface area contributed by atoms with Crippen molar-refractivity contribution in [2.75, 3.05) is 6.61 Å². The third kappa shape index (κ3) is 4.27. The lowest BCUT2D eigenvalue weighted by Crippen LogP contribution is -2.34. The molecule has 9 heteroatoms. The molecule has 6 nitrogen and oxygen atoms in total. The predicted octanol–water partition coefficient (Wildman–Crippen LogP) is 3.12. The number of halogens is 2. The summed E-state index contributed by atoms with van der Waals surface area (Å²) in [6.45, 7) is -1.82. The molecule has 0 bridgehead atoms. The summed E-state index contributed by atoms with van der Waals surface area (Å²) in [7, 11) is -5.68. The highest BCUT2D eigenvalue weighted by atomic mass is 32.2. The van der Waals surface area contributed by atoms with E-state index in [1.807, 2.05) is 0 Å². The second-order valence-electron chi connectivity index (χ2n) is 4.60. The van der Waals surface area contributed by atoms with Gasteiger partial charge in [0, 0.05) is 0 Å². The summed E-state index contributed by atoms with van der Waals surface area (Å²) in [5, 5.41) is -4.60. The van der Waals surface area contributed by atoms with Gasteiger partial charge in [-0.05, 0) is 24.3 Å². The number of ether oxygens (including phenoxy) is 2. The zero-order valence-corrected chi connectivity index (χ0v) is 12.9. The van der Waals surface area contributed by atoms with Gasteiger partial charge in [0.1, 0.15) is 17.1 Å². The number of benzene rings is 2. The Hall–Kier alpha value is -2.52. The highest BCUT2D eigenvalue weighted by Crippen LogP contribution is 2.27. The molecule has 0 radical (unpaired) electrons. The first kappa shape index (κ1) is 17.8. The predicted molar refractivity (Wildman–Crippen MR) is 79.7 cm³/mol. The third-order valence-corrected chi connectivity index (χ3v) is 3.70. The molecular weight excluding hydrogens is 346 g/mol. The Balaban J connectivity index is 2.16. The average molecular weight is 358 g/mol. The van der Waals surface area contributed by atoms with E-state index in [4.69, 9.17) is 9.29 Å². The minimum absolute atomic E-state index is 0.0453. The number of carbonyl (C=O) groups excluding carboxylic acids is 1. The second-order valence-corrected chi connectivity index (χ2v) is 6.15. The van der Waals surface area contributed by atoms with Gasteiger partial charge in [-0.25, -0.2) is 4.79 Å². The van der Waals surface area contributed by atoms with Crippen LogP contribution >= 0.6 is 0 Å². The van der Waals surface area contributed by atoms with Crippen LogP contribution in [-0.2, 0) is 14.9 Å². The van der Waals surface area contributed by atoms with Crippen LogP contribution in [0.4, 0.5) is 8.78 Å². The summed E-state index contributed by atoms with van der Waals surface area (Å²) in [4.78, 5) is 11.9. The lowest BCUT2D eigenvalue weighted by molar-refractivity contribution is -0.00964. The fourth-order valence-electron chi connectivity index (χ4n) is 1.64. The van der Waals surface area contributed by atoms with Gasteiger partial charge in [-0.15, -0.1) is 0 Å². The van der Waals surface area contributed by atoms with Crippen LogP contribution in [-0.4, -0.2) is 30.8 Å². The largest absolute Gasteiger partial charge is 0.456 e. The summed E-state index contributed by atoms with van der Waals surface area (Å²) >= 11 is 0. The molecule has 0 aliphatic carbocycles. The van der Waals surface area contributed by atoms with Gasteiger partial charge in [-0.2, -0.15) is 17.2 Å². The molecule has 0 saturated heterocycles. The van der Waals surface area contributed by atoms with E-state index in [1.165, 1.54) is 18.2 Å². The maximum Gasteiger partial charge on any atom is 0.402 e. The second kappa shape index (κ2) is 6.93. The Kier molecular flexibility index (Phi) is 5.15. The molecule has 0 unspecified atom stereocenters. The van der Waals surface area contributed by atoms with Gasteiger partial charge in [-0.3, -0.25) is 4.55 Å². The molecule has 0 amide bonds. The molecule has 2 rings (SSSR count). The molecule has 128 valence electrons. The van der Waals surface area contributed by atoms with Crippen LogP contribution in [0.5, 0.6) is 11.5 Å². The first-order valence-electron chi connectivity index (χ1n) is 6.54. The number of hydrogen-bond donors (Lipinski definition) is 1. The molecule has 24 heavy (non-hydrogen) atoms. The lowest BCUT2D eigenvalue weighted by atomic mass is 10.2. The number of esters is 1. The Morgan fingerprint density at radius 3 is 2.25 bits per heavy atom. The Morgan fingerprint density at radius 2 is 1.62 bits per heavy atom. The minimum Gasteiger partial charge on any atom is -0.456 e. The average Bonchev–Trinajstić information content (AvgIpc) is 2.53. The summed E-state index contributed by atoms with van der Waals surface area (Å²) in [6.07, 6.45) is 0. The molecule has 0 saturated carbocycles. The van der Waals surface area contributed by atoms with E-state index >= 15 is 0 Å². The number of rotatable bonds is 6. The standard InChI is InChI=1S/C15H12F2O6S/c16-15(17,24(19,20)21)10-22-14(18)12-8-4-5-9-13(12)23-11-6-2-1-3-7-11/h1-9H,10H2,(H,19,20,21). The van der Waals surface area contributed by atoms with Crippen molar-refractivity contribution in [1.82, 2.24) is 0 Å². The third-order valence-electron chi connectivity index (χ3n) is 2.83. The summed E-state index contributed by atoms with van der Waals surface area (Å²) < 4.78 is 65.4. The molecule has 0 aromatic heterocycles. The molecule has 0 atom stereocenters. The zero-order valence-electron chi connectivity index (χ0n) is 12.1. The number of para-hydroxylation sites is 2. The van der Waals surface area contributed by atoms with Gasteiger partial charge in [0.05, 0.1) is 0 Å². The Bertz CT molecular complexity index is 821. The number of alkyl halides is 2. The van der Waals surface area contributed by atoms with Crippen LogP contribution in [0, 0.1) is 0 Å². The first-order valence-corrected chi connectivity index (χ1v) is 7.98. The van der Waals surface area contributed by atoms with Gasteiger partial charge < -0.3 is 9.47 Å². The molecule has 2 aromatic rings. The maximum absolute atomic E-state index is 13.1. The van der Waals surface area contributed by atoms with Crippen LogP contribution in [0.2, 0.25) is 0 Å². The fourth-order valence-corrected chi connectivity index (χ4v) is 1.85. The quantitative estimate of drug-likeness (QED) is 0.630. The van der Waals surface area contributed by atoms with Crippen LogP contribution in [0.25, 0.3) is 0 Å². The van der Waals surface area contributed by atoms with E-state index in [2.05, 4.69) is 4.74 Å². The van der Waals surface area contributed by atoms with Crippen LogP contribution in [0.15, 0.2) is 54.6 Å². The Labute approximate surface area is 136 Å². The maximum atomic E-state index is 13.1. The number of carbonyl (C=O) groups is 1. The van der Waals surface area contributed by atoms with E-state index in [1.54, 1.807) is 36.4 Å². The van der Waals surface area contributed by atoms with Crippen molar-refractivity contribution >= 4 is 16.1 Å². The van der Waals surface area contributed by atoms with Crippen molar-refractivity contribution in [3.8, 4) is 11.5 Å². The molecule has 0 spiro atoms. The summed E-state index contributed by atoms with van der Waals surface area (Å²) in [6, 6.07) is 14.1. The zero-order chi connectivity index (χ0) is 17.8. The van der Waals surface area contributed by atoms with Crippen molar-refractivity contribution in [2.45, 2.75) is 5.25 Å². The first-order chi connectivity index (χ1) is 11.2. The lowest BCUT2D eigenvalue weighted by Gasteiger charge is -2.14. The van der Waals surface area contributed by atoms with Crippen molar-refractivity contribution in [1.29, 1.82) is 0 Å². The highest BCUT2D eigenvalue weighted by Gasteiger charge is 2.45. The topological polar surface area (TPSA) is 89.9 Å². The van der Waals surface area contributed by atoms with E-state index in [9.17, 15) is 22.0 Å². The van der Waals surface area contributed by atoms with Gasteiger partial charge in [0.15, 0.2) is 6.61 Å². The van der Waals surface area contributed by atoms with Crippen LogP contribution in [0.3, 0.4) is 0 Å². The molecule has 2 aromatic carbocycles. The monoisotopic (exact) mass is 358 g/mol. The van der Waals surface area contributed by atoms with Crippen LogP contribution < -0.4 is 4.74 Å².